The quantitative estimate of drug-likeness (QED) is 0.750. The van der Waals surface area contributed by atoms with E-state index in [1.54, 1.807) is 17.2 Å². The van der Waals surface area contributed by atoms with E-state index in [1.807, 2.05) is 0 Å². The summed E-state index contributed by atoms with van der Waals surface area (Å²) in [5.74, 6) is 1.31. The van der Waals surface area contributed by atoms with Gasteiger partial charge in [-0.1, -0.05) is 13.8 Å². The van der Waals surface area contributed by atoms with E-state index in [0.717, 1.165) is 17.7 Å². The second kappa shape index (κ2) is 7.80. The van der Waals surface area contributed by atoms with Gasteiger partial charge < -0.3 is 9.64 Å². The maximum absolute atomic E-state index is 11.6. The fourth-order valence-corrected chi connectivity index (χ4v) is 3.52. The third-order valence-corrected chi connectivity index (χ3v) is 4.90. The number of fused-ring (bicyclic) bond motifs is 1. The van der Waals surface area contributed by atoms with Gasteiger partial charge in [0.25, 0.3) is 0 Å². The summed E-state index contributed by atoms with van der Waals surface area (Å²) in [5.41, 5.74) is 0.684. The van der Waals surface area contributed by atoms with Crippen molar-refractivity contribution in [3.8, 4) is 0 Å². The monoisotopic (exact) mass is 345 g/mol. The van der Waals surface area contributed by atoms with Crippen LogP contribution in [0.5, 0.6) is 0 Å². The van der Waals surface area contributed by atoms with Gasteiger partial charge in [0.1, 0.15) is 18.7 Å². The maximum atomic E-state index is 11.6. The molecule has 0 aliphatic carbocycles. The minimum atomic E-state index is -0.335. The Morgan fingerprint density at radius 3 is 2.96 bits per heavy atom. The number of rotatable bonds is 6. The highest BCUT2D eigenvalue weighted by Gasteiger charge is 2.26. The van der Waals surface area contributed by atoms with E-state index in [2.05, 4.69) is 33.8 Å². The molecule has 0 saturated carbocycles. The number of hydrogen-bond acceptors (Lipinski definition) is 6. The van der Waals surface area contributed by atoms with Crippen molar-refractivity contribution in [3.05, 3.63) is 12.5 Å². The van der Waals surface area contributed by atoms with Crippen LogP contribution in [0.15, 0.2) is 12.5 Å². The fourth-order valence-electron chi connectivity index (χ4n) is 3.52. The molecule has 1 aliphatic heterocycles. The van der Waals surface area contributed by atoms with Crippen LogP contribution >= 0.6 is 0 Å². The number of esters is 1. The van der Waals surface area contributed by atoms with Gasteiger partial charge in [-0.3, -0.25) is 4.79 Å². The summed E-state index contributed by atoms with van der Waals surface area (Å²) in [6.07, 6.45) is 9.39. The summed E-state index contributed by atoms with van der Waals surface area (Å²) >= 11 is 0. The van der Waals surface area contributed by atoms with E-state index in [9.17, 15) is 4.79 Å². The van der Waals surface area contributed by atoms with Crippen LogP contribution in [0.4, 0.5) is 5.82 Å². The summed E-state index contributed by atoms with van der Waals surface area (Å²) < 4.78 is 6.32. The molecular weight excluding hydrogens is 318 g/mol. The van der Waals surface area contributed by atoms with Gasteiger partial charge in [0.15, 0.2) is 5.65 Å². The lowest BCUT2D eigenvalue weighted by Crippen LogP contribution is -2.40. The van der Waals surface area contributed by atoms with Crippen molar-refractivity contribution >= 4 is 22.8 Å². The highest BCUT2D eigenvalue weighted by molar-refractivity contribution is 5.87. The van der Waals surface area contributed by atoms with Gasteiger partial charge >= 0.3 is 5.97 Å². The topological polar surface area (TPSA) is 73.1 Å². The molecule has 136 valence electrons. The number of ether oxygens (including phenoxy) is 1. The molecule has 7 heteroatoms. The molecule has 0 spiro atoms. The zero-order valence-corrected chi connectivity index (χ0v) is 15.3. The molecule has 7 nitrogen and oxygen atoms in total. The Labute approximate surface area is 148 Å². The smallest absolute Gasteiger partial charge is 0.327 e. The zero-order valence-electron chi connectivity index (χ0n) is 15.3. The van der Waals surface area contributed by atoms with E-state index >= 15 is 0 Å². The van der Waals surface area contributed by atoms with Crippen molar-refractivity contribution in [1.29, 1.82) is 0 Å². The van der Waals surface area contributed by atoms with Gasteiger partial charge in [0.2, 0.25) is 0 Å². The molecule has 1 aliphatic rings. The summed E-state index contributed by atoms with van der Waals surface area (Å²) in [4.78, 5) is 22.9. The van der Waals surface area contributed by atoms with Crippen LogP contribution in [0.3, 0.4) is 0 Å². The van der Waals surface area contributed by atoms with Crippen molar-refractivity contribution < 1.29 is 9.53 Å². The number of carbonyl (C=O) groups excluding carboxylic acids is 1. The number of aromatic nitrogens is 4. The van der Waals surface area contributed by atoms with E-state index in [0.29, 0.717) is 17.6 Å². The lowest BCUT2D eigenvalue weighted by molar-refractivity contribution is -0.141. The molecule has 2 aromatic rings. The molecule has 0 bridgehead atoms. The highest BCUT2D eigenvalue weighted by atomic mass is 16.5. The molecular formula is C18H27N5O2. The Balaban J connectivity index is 1.89. The number of piperidine rings is 1. The molecule has 1 unspecified atom stereocenters. The molecule has 2 aromatic heterocycles. The lowest BCUT2D eigenvalue weighted by atomic mass is 9.94. The Morgan fingerprint density at radius 1 is 1.36 bits per heavy atom. The molecule has 3 heterocycles. The largest absolute Gasteiger partial charge is 0.468 e. The Bertz CT molecular complexity index is 727. The van der Waals surface area contributed by atoms with E-state index in [4.69, 9.17) is 4.74 Å². The average Bonchev–Trinajstić information content (AvgIpc) is 3.03. The SMILES string of the molecule is COC(=O)Cn1ncc2c(N3CCCCC3CCC(C)C)ncnc21. The number of nitrogens with zero attached hydrogens (tertiary/aromatic N) is 5. The van der Waals surface area contributed by atoms with Crippen LogP contribution in [-0.4, -0.2) is 45.4 Å². The van der Waals surface area contributed by atoms with Gasteiger partial charge in [-0.05, 0) is 38.0 Å². The minimum absolute atomic E-state index is 0.0627. The Morgan fingerprint density at radius 2 is 2.20 bits per heavy atom. The molecule has 0 radical (unpaired) electrons. The molecule has 1 saturated heterocycles. The van der Waals surface area contributed by atoms with E-state index in [1.165, 1.54) is 39.2 Å². The molecule has 1 atom stereocenters. The second-order valence-corrected chi connectivity index (χ2v) is 7.13. The summed E-state index contributed by atoms with van der Waals surface area (Å²) in [5, 5.41) is 5.23. The van der Waals surface area contributed by atoms with E-state index in [-0.39, 0.29) is 12.5 Å². The molecule has 25 heavy (non-hydrogen) atoms. The third-order valence-electron chi connectivity index (χ3n) is 4.90. The van der Waals surface area contributed by atoms with Crippen LogP contribution in [-0.2, 0) is 16.1 Å². The van der Waals surface area contributed by atoms with Crippen molar-refractivity contribution in [2.24, 2.45) is 5.92 Å². The number of hydrogen-bond donors (Lipinski definition) is 0. The predicted octanol–water partition coefficient (Wildman–Crippen LogP) is 2.79. The molecule has 0 N–H and O–H groups in total. The molecule has 0 amide bonds. The third kappa shape index (κ3) is 3.91. The summed E-state index contributed by atoms with van der Waals surface area (Å²) in [7, 11) is 1.38. The Hall–Kier alpha value is -2.18. The van der Waals surface area contributed by atoms with Crippen LogP contribution in [0.1, 0.15) is 46.0 Å². The lowest BCUT2D eigenvalue weighted by Gasteiger charge is -2.37. The molecule has 1 fully saturated rings. The van der Waals surface area contributed by atoms with Crippen molar-refractivity contribution in [2.45, 2.75) is 58.5 Å². The Kier molecular flexibility index (Phi) is 5.50. The van der Waals surface area contributed by atoms with Gasteiger partial charge in [0, 0.05) is 12.6 Å². The molecule has 0 aromatic carbocycles. The van der Waals surface area contributed by atoms with Crippen LogP contribution in [0, 0.1) is 5.92 Å². The number of methoxy groups -OCH3 is 1. The highest BCUT2D eigenvalue weighted by Crippen LogP contribution is 2.31. The van der Waals surface area contributed by atoms with Crippen molar-refractivity contribution in [1.82, 2.24) is 19.7 Å². The minimum Gasteiger partial charge on any atom is -0.468 e. The second-order valence-electron chi connectivity index (χ2n) is 7.13. The number of anilines is 1. The van der Waals surface area contributed by atoms with Gasteiger partial charge in [0.05, 0.1) is 18.7 Å². The average molecular weight is 345 g/mol. The van der Waals surface area contributed by atoms with Crippen LogP contribution < -0.4 is 4.90 Å². The van der Waals surface area contributed by atoms with E-state index < -0.39 is 0 Å². The normalized spacial score (nSPS) is 18.1. The first-order valence-corrected chi connectivity index (χ1v) is 9.10. The fraction of sp³-hybridized carbons (Fsp3) is 0.667. The van der Waals surface area contributed by atoms with Gasteiger partial charge in [-0.25, -0.2) is 14.6 Å². The zero-order chi connectivity index (χ0) is 17.8. The first-order chi connectivity index (χ1) is 12.1. The van der Waals surface area contributed by atoms with Crippen molar-refractivity contribution in [3.63, 3.8) is 0 Å². The first kappa shape index (κ1) is 17.6. The van der Waals surface area contributed by atoms with Crippen LogP contribution in [0.2, 0.25) is 0 Å². The van der Waals surface area contributed by atoms with Crippen LogP contribution in [0.25, 0.3) is 11.0 Å². The summed E-state index contributed by atoms with van der Waals surface area (Å²) in [6.45, 7) is 5.62. The van der Waals surface area contributed by atoms with Crippen molar-refractivity contribution in [2.75, 3.05) is 18.6 Å². The first-order valence-electron chi connectivity index (χ1n) is 9.10. The standard InChI is InChI=1S/C18H27N5O2/c1-13(2)7-8-14-6-4-5-9-22(14)17-15-10-21-23(11-16(24)25-3)18(15)20-12-19-17/h10,12-14H,4-9,11H2,1-3H3. The predicted molar refractivity (Wildman–Crippen MR) is 96.4 cm³/mol. The molecule has 3 rings (SSSR count). The number of carbonyl (C=O) groups is 1. The van der Waals surface area contributed by atoms with Gasteiger partial charge in [-0.15, -0.1) is 0 Å². The summed E-state index contributed by atoms with van der Waals surface area (Å²) in [6, 6.07) is 0.512. The van der Waals surface area contributed by atoms with Gasteiger partial charge in [-0.2, -0.15) is 5.10 Å². The maximum Gasteiger partial charge on any atom is 0.327 e.